The van der Waals surface area contributed by atoms with Gasteiger partial charge in [-0.1, -0.05) is 15.9 Å². The molecule has 2 N–H and O–H groups in total. The molecule has 0 bridgehead atoms. The first kappa shape index (κ1) is 10.1. The number of hydrogen-bond donors (Lipinski definition) is 2. The van der Waals surface area contributed by atoms with Crippen LogP contribution in [0.1, 0.15) is 6.92 Å². The number of nitrogens with one attached hydrogen (secondary N) is 2. The van der Waals surface area contributed by atoms with E-state index in [0.717, 1.165) is 22.4 Å². The molecule has 0 aliphatic heterocycles. The molecular weight excluding hydrogens is 232 g/mol. The molecule has 1 aromatic rings. The zero-order valence-corrected chi connectivity index (χ0v) is 8.89. The summed E-state index contributed by atoms with van der Waals surface area (Å²) in [7, 11) is 0. The van der Waals surface area contributed by atoms with Gasteiger partial charge in [0.15, 0.2) is 0 Å². The maximum atomic E-state index is 10.3. The third-order valence-electron chi connectivity index (χ3n) is 1.56. The summed E-state index contributed by atoms with van der Waals surface area (Å²) in [5, 5.41) is 5.77. The molecule has 3 nitrogen and oxygen atoms in total. The Labute approximate surface area is 85.7 Å². The number of carbonyl (C=O) groups is 1. The molecule has 4 heteroatoms. The van der Waals surface area contributed by atoms with Crippen molar-refractivity contribution in [1.29, 1.82) is 0 Å². The molecule has 0 aliphatic carbocycles. The topological polar surface area (TPSA) is 41.1 Å². The Morgan fingerprint density at radius 2 is 2.23 bits per heavy atom. The number of hydrogen-bond acceptors (Lipinski definition) is 2. The SMILES string of the molecule is CCNc1ccc(Br)cc1NC=O. The van der Waals surface area contributed by atoms with E-state index in [1.165, 1.54) is 0 Å². The van der Waals surface area contributed by atoms with Gasteiger partial charge in [0, 0.05) is 11.0 Å². The predicted molar refractivity (Wildman–Crippen MR) is 58.0 cm³/mol. The highest BCUT2D eigenvalue weighted by atomic mass is 79.9. The molecule has 0 fully saturated rings. The zero-order chi connectivity index (χ0) is 9.68. The minimum atomic E-state index is 0.669. The van der Waals surface area contributed by atoms with Gasteiger partial charge in [-0.05, 0) is 25.1 Å². The summed E-state index contributed by atoms with van der Waals surface area (Å²) >= 11 is 3.33. The Kier molecular flexibility index (Phi) is 3.76. The Bertz CT molecular complexity index is 302. The largest absolute Gasteiger partial charge is 0.384 e. The van der Waals surface area contributed by atoms with Crippen LogP contribution in [0.25, 0.3) is 0 Å². The Morgan fingerprint density at radius 3 is 2.85 bits per heavy atom. The van der Waals surface area contributed by atoms with Crippen molar-refractivity contribution in [3.05, 3.63) is 22.7 Å². The molecule has 13 heavy (non-hydrogen) atoms. The molecular formula is C9H11BrN2O. The smallest absolute Gasteiger partial charge is 0.211 e. The molecule has 0 saturated heterocycles. The lowest BCUT2D eigenvalue weighted by atomic mass is 10.2. The highest BCUT2D eigenvalue weighted by Crippen LogP contribution is 2.25. The summed E-state index contributed by atoms with van der Waals surface area (Å²) in [6.07, 6.45) is 0.669. The fraction of sp³-hybridized carbons (Fsp3) is 0.222. The third kappa shape index (κ3) is 2.73. The van der Waals surface area contributed by atoms with Gasteiger partial charge >= 0.3 is 0 Å². The summed E-state index contributed by atoms with van der Waals surface area (Å²) < 4.78 is 0.943. The highest BCUT2D eigenvalue weighted by molar-refractivity contribution is 9.10. The molecule has 0 aliphatic rings. The summed E-state index contributed by atoms with van der Waals surface area (Å²) in [5.41, 5.74) is 1.71. The van der Waals surface area contributed by atoms with Crippen LogP contribution in [-0.4, -0.2) is 13.0 Å². The number of carbonyl (C=O) groups excluding carboxylic acids is 1. The number of rotatable bonds is 4. The summed E-state index contributed by atoms with van der Waals surface area (Å²) in [6.45, 7) is 2.84. The van der Waals surface area contributed by atoms with E-state index in [4.69, 9.17) is 0 Å². The Hall–Kier alpha value is -1.03. The van der Waals surface area contributed by atoms with Gasteiger partial charge in [0.25, 0.3) is 0 Å². The molecule has 1 amide bonds. The molecule has 0 aromatic heterocycles. The van der Waals surface area contributed by atoms with E-state index in [1.54, 1.807) is 0 Å². The fourth-order valence-electron chi connectivity index (χ4n) is 1.04. The molecule has 1 aromatic carbocycles. The molecule has 1 rings (SSSR count). The second-order valence-corrected chi connectivity index (χ2v) is 3.40. The van der Waals surface area contributed by atoms with Crippen LogP contribution in [0.3, 0.4) is 0 Å². The van der Waals surface area contributed by atoms with Crippen LogP contribution in [0.4, 0.5) is 11.4 Å². The van der Waals surface area contributed by atoms with E-state index in [9.17, 15) is 4.79 Å². The maximum Gasteiger partial charge on any atom is 0.211 e. The number of halogens is 1. The Morgan fingerprint density at radius 1 is 1.46 bits per heavy atom. The monoisotopic (exact) mass is 242 g/mol. The first-order valence-corrected chi connectivity index (χ1v) is 4.81. The van der Waals surface area contributed by atoms with Gasteiger partial charge in [-0.2, -0.15) is 0 Å². The summed E-state index contributed by atoms with van der Waals surface area (Å²) in [4.78, 5) is 10.3. The zero-order valence-electron chi connectivity index (χ0n) is 7.30. The van der Waals surface area contributed by atoms with Crippen molar-refractivity contribution in [3.63, 3.8) is 0 Å². The second kappa shape index (κ2) is 4.87. The van der Waals surface area contributed by atoms with Gasteiger partial charge in [0.05, 0.1) is 11.4 Å². The lowest BCUT2D eigenvalue weighted by Crippen LogP contribution is -2.02. The molecule has 0 radical (unpaired) electrons. The average Bonchev–Trinajstić information content (AvgIpc) is 2.10. The van der Waals surface area contributed by atoms with Gasteiger partial charge in [-0.25, -0.2) is 0 Å². The summed E-state index contributed by atoms with van der Waals surface area (Å²) in [6, 6.07) is 5.69. The van der Waals surface area contributed by atoms with Gasteiger partial charge < -0.3 is 10.6 Å². The molecule has 70 valence electrons. The van der Waals surface area contributed by atoms with E-state index in [0.29, 0.717) is 6.41 Å². The van der Waals surface area contributed by atoms with Crippen molar-refractivity contribution < 1.29 is 4.79 Å². The lowest BCUT2D eigenvalue weighted by molar-refractivity contribution is -0.105. The fourth-order valence-corrected chi connectivity index (χ4v) is 1.41. The standard InChI is InChI=1S/C9H11BrN2O/c1-2-11-8-4-3-7(10)5-9(8)12-6-13/h3-6,11H,2H2,1H3,(H,12,13). The molecule has 0 heterocycles. The number of amides is 1. The van der Waals surface area contributed by atoms with Crippen molar-refractivity contribution >= 4 is 33.7 Å². The minimum Gasteiger partial charge on any atom is -0.384 e. The van der Waals surface area contributed by atoms with Crippen LogP contribution in [0.5, 0.6) is 0 Å². The van der Waals surface area contributed by atoms with Crippen LogP contribution in [-0.2, 0) is 4.79 Å². The number of benzene rings is 1. The molecule has 0 unspecified atom stereocenters. The third-order valence-corrected chi connectivity index (χ3v) is 2.06. The molecule has 0 saturated carbocycles. The van der Waals surface area contributed by atoms with Crippen molar-refractivity contribution in [2.24, 2.45) is 0 Å². The Balaban J connectivity index is 2.95. The van der Waals surface area contributed by atoms with Crippen molar-refractivity contribution in [2.75, 3.05) is 17.2 Å². The van der Waals surface area contributed by atoms with E-state index in [2.05, 4.69) is 26.6 Å². The maximum absolute atomic E-state index is 10.3. The molecule has 0 spiro atoms. The average molecular weight is 243 g/mol. The van der Waals surface area contributed by atoms with Crippen LogP contribution < -0.4 is 10.6 Å². The first-order valence-electron chi connectivity index (χ1n) is 4.01. The van der Waals surface area contributed by atoms with Crippen LogP contribution in [0.15, 0.2) is 22.7 Å². The quantitative estimate of drug-likeness (QED) is 0.797. The van der Waals surface area contributed by atoms with Crippen molar-refractivity contribution in [1.82, 2.24) is 0 Å². The van der Waals surface area contributed by atoms with Crippen LogP contribution in [0, 0.1) is 0 Å². The van der Waals surface area contributed by atoms with E-state index in [-0.39, 0.29) is 0 Å². The number of anilines is 2. The van der Waals surface area contributed by atoms with E-state index < -0.39 is 0 Å². The second-order valence-electron chi connectivity index (χ2n) is 2.48. The van der Waals surface area contributed by atoms with E-state index in [1.807, 2.05) is 25.1 Å². The highest BCUT2D eigenvalue weighted by Gasteiger charge is 2.00. The normalized spacial score (nSPS) is 9.38. The minimum absolute atomic E-state index is 0.669. The summed E-state index contributed by atoms with van der Waals surface area (Å²) in [5.74, 6) is 0. The van der Waals surface area contributed by atoms with Crippen LogP contribution >= 0.6 is 15.9 Å². The molecule has 0 atom stereocenters. The van der Waals surface area contributed by atoms with Gasteiger partial charge in [0.2, 0.25) is 6.41 Å². The van der Waals surface area contributed by atoms with Crippen molar-refractivity contribution in [2.45, 2.75) is 6.92 Å². The van der Waals surface area contributed by atoms with Gasteiger partial charge in [0.1, 0.15) is 0 Å². The van der Waals surface area contributed by atoms with Crippen molar-refractivity contribution in [3.8, 4) is 0 Å². The van der Waals surface area contributed by atoms with Gasteiger partial charge in [-0.3, -0.25) is 4.79 Å². The van der Waals surface area contributed by atoms with Crippen LogP contribution in [0.2, 0.25) is 0 Å². The van der Waals surface area contributed by atoms with E-state index >= 15 is 0 Å². The van der Waals surface area contributed by atoms with Gasteiger partial charge in [-0.15, -0.1) is 0 Å². The predicted octanol–water partition coefficient (Wildman–Crippen LogP) is 2.45. The lowest BCUT2D eigenvalue weighted by Gasteiger charge is -2.09. The first-order chi connectivity index (χ1) is 6.27.